The number of hydrazine groups is 1. The summed E-state index contributed by atoms with van der Waals surface area (Å²) in [5, 5.41) is 16.7. The Morgan fingerprint density at radius 1 is 1.22 bits per heavy atom. The number of nitrogens with one attached hydrogen (secondary N) is 4. The molecule has 0 unspecified atom stereocenters. The van der Waals surface area contributed by atoms with Gasteiger partial charge in [0.2, 0.25) is 0 Å². The monoisotopic (exact) mass is 409 g/mol. The summed E-state index contributed by atoms with van der Waals surface area (Å²) in [4.78, 5) is 22.1. The summed E-state index contributed by atoms with van der Waals surface area (Å²) < 4.78 is 5.05. The van der Waals surface area contributed by atoms with Crippen LogP contribution in [0.25, 0.3) is 0 Å². The van der Waals surface area contributed by atoms with Gasteiger partial charge in [-0.25, -0.2) is 0 Å². The molecule has 2 rings (SSSR count). The van der Waals surface area contributed by atoms with Crippen LogP contribution in [0.1, 0.15) is 0 Å². The molecular formula is C16H16ClN5O4S. The molecule has 2 aromatic rings. The lowest BCUT2D eigenvalue weighted by atomic mass is 10.3. The molecule has 0 aliphatic rings. The molecule has 0 atom stereocenters. The molecule has 142 valence electrons. The highest BCUT2D eigenvalue weighted by Gasteiger charge is 2.11. The molecule has 11 heteroatoms. The second-order valence-corrected chi connectivity index (χ2v) is 5.95. The highest BCUT2D eigenvalue weighted by Crippen LogP contribution is 2.26. The lowest BCUT2D eigenvalue weighted by Gasteiger charge is -2.13. The Morgan fingerprint density at radius 2 is 1.93 bits per heavy atom. The van der Waals surface area contributed by atoms with E-state index in [-0.39, 0.29) is 34.0 Å². The van der Waals surface area contributed by atoms with E-state index in [0.717, 1.165) is 5.69 Å². The van der Waals surface area contributed by atoms with Crippen LogP contribution in [0.15, 0.2) is 42.5 Å². The first-order chi connectivity index (χ1) is 12.9. The fourth-order valence-corrected chi connectivity index (χ4v) is 2.26. The van der Waals surface area contributed by atoms with Crippen molar-refractivity contribution in [3.63, 3.8) is 0 Å². The maximum Gasteiger partial charge on any atom is 0.271 e. The number of non-ortho nitro benzene ring substituents is 1. The van der Waals surface area contributed by atoms with Crippen molar-refractivity contribution in [3.8, 4) is 5.75 Å². The van der Waals surface area contributed by atoms with E-state index in [1.54, 1.807) is 31.4 Å². The molecule has 0 aliphatic heterocycles. The molecule has 0 bridgehead atoms. The average molecular weight is 410 g/mol. The number of hydrogen-bond acceptors (Lipinski definition) is 6. The van der Waals surface area contributed by atoms with E-state index < -0.39 is 4.92 Å². The molecule has 0 spiro atoms. The van der Waals surface area contributed by atoms with Crippen molar-refractivity contribution in [1.82, 2.24) is 10.9 Å². The van der Waals surface area contributed by atoms with Crippen molar-refractivity contribution in [1.29, 1.82) is 0 Å². The van der Waals surface area contributed by atoms with E-state index in [1.165, 1.54) is 18.2 Å². The minimum Gasteiger partial charge on any atom is -0.497 e. The van der Waals surface area contributed by atoms with E-state index in [4.69, 9.17) is 28.6 Å². The Hall–Kier alpha value is -3.11. The van der Waals surface area contributed by atoms with Crippen molar-refractivity contribution in [3.05, 3.63) is 57.6 Å². The maximum absolute atomic E-state index is 11.8. The van der Waals surface area contributed by atoms with Gasteiger partial charge in [0.25, 0.3) is 11.6 Å². The van der Waals surface area contributed by atoms with Gasteiger partial charge in [0.15, 0.2) is 5.11 Å². The van der Waals surface area contributed by atoms with Crippen molar-refractivity contribution in [2.24, 2.45) is 0 Å². The summed E-state index contributed by atoms with van der Waals surface area (Å²) in [6.07, 6.45) is 0. The van der Waals surface area contributed by atoms with Gasteiger partial charge in [-0.2, -0.15) is 0 Å². The molecule has 0 saturated carbocycles. The molecule has 0 heterocycles. The van der Waals surface area contributed by atoms with Crippen molar-refractivity contribution < 1.29 is 14.5 Å². The zero-order chi connectivity index (χ0) is 19.8. The number of carbonyl (C=O) groups excluding carboxylic acids is 1. The van der Waals surface area contributed by atoms with Gasteiger partial charge in [-0.1, -0.05) is 11.6 Å². The number of nitro groups is 1. The fraction of sp³-hybridized carbons (Fsp3) is 0.125. The summed E-state index contributed by atoms with van der Waals surface area (Å²) in [6, 6.07) is 11.0. The number of methoxy groups -OCH3 is 1. The van der Waals surface area contributed by atoms with Crippen LogP contribution < -0.4 is 26.2 Å². The third-order valence-electron chi connectivity index (χ3n) is 3.27. The maximum atomic E-state index is 11.8. The number of halogens is 1. The molecular weight excluding hydrogens is 394 g/mol. The zero-order valence-corrected chi connectivity index (χ0v) is 15.7. The number of anilines is 2. The number of amides is 1. The Balaban J connectivity index is 1.80. The first-order valence-electron chi connectivity index (χ1n) is 7.56. The van der Waals surface area contributed by atoms with Crippen LogP contribution in [0.4, 0.5) is 17.1 Å². The largest absolute Gasteiger partial charge is 0.497 e. The van der Waals surface area contributed by atoms with Crippen molar-refractivity contribution >= 4 is 51.9 Å². The molecule has 0 radical (unpaired) electrons. The molecule has 0 fully saturated rings. The minimum atomic E-state index is -0.551. The van der Waals surface area contributed by atoms with E-state index in [0.29, 0.717) is 5.75 Å². The number of thiocarbonyl (C=S) groups is 1. The third-order valence-corrected chi connectivity index (χ3v) is 3.80. The van der Waals surface area contributed by atoms with Crippen LogP contribution in [-0.4, -0.2) is 29.6 Å². The van der Waals surface area contributed by atoms with Gasteiger partial charge >= 0.3 is 0 Å². The number of nitro benzene ring substituents is 1. The van der Waals surface area contributed by atoms with Crippen LogP contribution in [0.5, 0.6) is 5.75 Å². The predicted molar refractivity (Wildman–Crippen MR) is 107 cm³/mol. The predicted octanol–water partition coefficient (Wildman–Crippen LogP) is 2.69. The summed E-state index contributed by atoms with van der Waals surface area (Å²) >= 11 is 11.0. The molecule has 2 aromatic carbocycles. The number of nitrogens with zero attached hydrogens (tertiary/aromatic N) is 1. The molecule has 4 N–H and O–H groups in total. The van der Waals surface area contributed by atoms with Gasteiger partial charge in [-0.3, -0.25) is 25.8 Å². The van der Waals surface area contributed by atoms with Gasteiger partial charge in [0.05, 0.1) is 29.3 Å². The molecule has 1 amide bonds. The third kappa shape index (κ3) is 6.28. The normalized spacial score (nSPS) is 9.85. The average Bonchev–Trinajstić information content (AvgIpc) is 2.66. The van der Waals surface area contributed by atoms with Crippen LogP contribution in [0.2, 0.25) is 5.02 Å². The standard InChI is InChI=1S/C16H16ClN5O4S/c1-26-12-5-2-10(3-6-12)18-9-15(23)20-21-16(27)19-14-8-11(22(24)25)4-7-13(14)17/h2-8,18H,9H2,1H3,(H,20,23)(H2,19,21,27). The van der Waals surface area contributed by atoms with E-state index >= 15 is 0 Å². The fourth-order valence-electron chi connectivity index (χ4n) is 1.94. The van der Waals surface area contributed by atoms with Gasteiger partial charge in [0, 0.05) is 17.8 Å². The smallest absolute Gasteiger partial charge is 0.271 e. The topological polar surface area (TPSA) is 118 Å². The number of carbonyl (C=O) groups is 1. The van der Waals surface area contributed by atoms with E-state index in [9.17, 15) is 14.9 Å². The van der Waals surface area contributed by atoms with E-state index in [2.05, 4.69) is 21.5 Å². The van der Waals surface area contributed by atoms with Crippen molar-refractivity contribution in [2.45, 2.75) is 0 Å². The molecule has 0 saturated heterocycles. The Kier molecular flexibility index (Phi) is 7.15. The second-order valence-electron chi connectivity index (χ2n) is 5.13. The number of ether oxygens (including phenoxy) is 1. The molecule has 27 heavy (non-hydrogen) atoms. The Labute approximate surface area is 165 Å². The summed E-state index contributed by atoms with van der Waals surface area (Å²) in [5.41, 5.74) is 5.74. The van der Waals surface area contributed by atoms with Gasteiger partial charge in [0.1, 0.15) is 5.75 Å². The zero-order valence-electron chi connectivity index (χ0n) is 14.1. The van der Waals surface area contributed by atoms with Crippen LogP contribution in [0, 0.1) is 10.1 Å². The van der Waals surface area contributed by atoms with Gasteiger partial charge in [-0.05, 0) is 42.5 Å². The van der Waals surface area contributed by atoms with Gasteiger partial charge < -0.3 is 15.4 Å². The number of rotatable bonds is 6. The molecule has 0 aromatic heterocycles. The first kappa shape index (κ1) is 20.2. The number of benzene rings is 2. The summed E-state index contributed by atoms with van der Waals surface area (Å²) in [7, 11) is 1.57. The molecule has 0 aliphatic carbocycles. The highest BCUT2D eigenvalue weighted by atomic mass is 35.5. The number of hydrogen-bond donors (Lipinski definition) is 4. The second kappa shape index (κ2) is 9.55. The summed E-state index contributed by atoms with van der Waals surface area (Å²) in [5.74, 6) is 0.336. The van der Waals surface area contributed by atoms with Crippen LogP contribution >= 0.6 is 23.8 Å². The molecule has 9 nitrogen and oxygen atoms in total. The van der Waals surface area contributed by atoms with Crippen LogP contribution in [-0.2, 0) is 4.79 Å². The van der Waals surface area contributed by atoms with Crippen molar-refractivity contribution in [2.75, 3.05) is 24.3 Å². The lowest BCUT2D eigenvalue weighted by Crippen LogP contribution is -2.45. The Morgan fingerprint density at radius 3 is 2.56 bits per heavy atom. The SMILES string of the molecule is COc1ccc(NCC(=O)NNC(=S)Nc2cc([N+](=O)[O-])ccc2Cl)cc1. The highest BCUT2D eigenvalue weighted by molar-refractivity contribution is 7.80. The van der Waals surface area contributed by atoms with Crippen LogP contribution in [0.3, 0.4) is 0 Å². The van der Waals surface area contributed by atoms with E-state index in [1.807, 2.05) is 0 Å². The van der Waals surface area contributed by atoms with Gasteiger partial charge in [-0.15, -0.1) is 0 Å². The minimum absolute atomic E-state index is 0.000489. The first-order valence-corrected chi connectivity index (χ1v) is 8.35. The summed E-state index contributed by atoms with van der Waals surface area (Å²) in [6.45, 7) is -0.000489. The lowest BCUT2D eigenvalue weighted by molar-refractivity contribution is -0.384. The Bertz CT molecular complexity index is 847. The quantitative estimate of drug-likeness (QED) is 0.327.